The minimum absolute atomic E-state index is 0.182. The first kappa shape index (κ1) is 27.6. The number of benzene rings is 2. The number of thiocarbonyl (C=S) groups is 1. The number of fused-ring (bicyclic) bond motifs is 2. The van der Waals surface area contributed by atoms with Gasteiger partial charge in [0.05, 0.1) is 17.0 Å². The smallest absolute Gasteiger partial charge is 0.267 e. The molecule has 3 aliphatic heterocycles. The molecule has 0 radical (unpaired) electrons. The van der Waals surface area contributed by atoms with Crippen LogP contribution in [-0.4, -0.2) is 62.4 Å². The Kier molecular flexibility index (Phi) is 7.38. The highest BCUT2D eigenvalue weighted by molar-refractivity contribution is 8.26. The number of hydrogen-bond acceptors (Lipinski definition) is 9. The van der Waals surface area contributed by atoms with Gasteiger partial charge in [-0.3, -0.25) is 23.8 Å². The first-order valence-electron chi connectivity index (χ1n) is 14.1. The first-order valence-corrected chi connectivity index (χ1v) is 15.3. The Bertz CT molecular complexity index is 1830. The molecule has 2 aromatic carbocycles. The molecular weight excluding hydrogens is 583 g/mol. The van der Waals surface area contributed by atoms with E-state index in [0.29, 0.717) is 57.4 Å². The van der Waals surface area contributed by atoms with E-state index in [9.17, 15) is 9.59 Å². The number of hydrogen-bond donors (Lipinski definition) is 0. The number of ether oxygens (including phenoxy) is 2. The molecule has 0 saturated carbocycles. The van der Waals surface area contributed by atoms with Crippen molar-refractivity contribution < 1.29 is 14.3 Å². The quantitative estimate of drug-likeness (QED) is 0.232. The van der Waals surface area contributed by atoms with E-state index in [2.05, 4.69) is 34.1 Å². The SMILES string of the molecule is Cc1cccn2c(=O)c(C=C3SC(=S)N(Cc4ccc5c(c4)OCO5)C3=O)c(N3CCN(Cc4ccccc4)CC3)nc12. The molecule has 1 amide bonds. The number of pyridine rings is 1. The van der Waals surface area contributed by atoms with Crippen molar-refractivity contribution in [2.45, 2.75) is 20.0 Å². The summed E-state index contributed by atoms with van der Waals surface area (Å²) in [5, 5.41) is 0. The summed E-state index contributed by atoms with van der Waals surface area (Å²) in [4.78, 5) is 39.1. The van der Waals surface area contributed by atoms with Gasteiger partial charge >= 0.3 is 0 Å². The summed E-state index contributed by atoms with van der Waals surface area (Å²) >= 11 is 6.82. The molecule has 2 saturated heterocycles. The van der Waals surface area contributed by atoms with Crippen LogP contribution in [0.15, 0.2) is 76.6 Å². The molecule has 0 aliphatic carbocycles. The Balaban J connectivity index is 1.19. The van der Waals surface area contributed by atoms with E-state index in [1.807, 2.05) is 43.3 Å². The van der Waals surface area contributed by atoms with Gasteiger partial charge in [-0.15, -0.1) is 0 Å². The summed E-state index contributed by atoms with van der Waals surface area (Å²) in [6.45, 7) is 6.40. The summed E-state index contributed by atoms with van der Waals surface area (Å²) in [5.41, 5.74) is 3.85. The Morgan fingerprint density at radius 2 is 1.72 bits per heavy atom. The molecule has 0 atom stereocenters. The average Bonchev–Trinajstić information content (AvgIpc) is 3.59. The molecule has 2 fully saturated rings. The van der Waals surface area contributed by atoms with E-state index >= 15 is 0 Å². The normalized spacial score (nSPS) is 17.9. The number of thioether (sulfide) groups is 1. The Morgan fingerprint density at radius 3 is 2.53 bits per heavy atom. The van der Waals surface area contributed by atoms with Gasteiger partial charge in [0, 0.05) is 38.9 Å². The standard InChI is InChI=1S/C32H29N5O4S2/c1-21-6-5-11-36-28(21)33-29(35-14-12-34(13-15-35)18-22-7-3-2-4-8-22)24(30(36)38)17-27-31(39)37(32(42)43-27)19-23-9-10-25-26(16-23)41-20-40-25/h2-11,16-17H,12-15,18-20H2,1H3. The number of carbonyl (C=O) groups excluding carboxylic acids is 1. The van der Waals surface area contributed by atoms with Gasteiger partial charge in [0.25, 0.3) is 11.5 Å². The van der Waals surface area contributed by atoms with E-state index in [4.69, 9.17) is 26.7 Å². The number of carbonyl (C=O) groups is 1. The van der Waals surface area contributed by atoms with Crippen LogP contribution in [0.1, 0.15) is 22.3 Å². The van der Waals surface area contributed by atoms with Gasteiger partial charge in [-0.05, 0) is 47.9 Å². The predicted molar refractivity (Wildman–Crippen MR) is 171 cm³/mol. The summed E-state index contributed by atoms with van der Waals surface area (Å²) in [7, 11) is 0. The highest BCUT2D eigenvalue weighted by atomic mass is 32.2. The van der Waals surface area contributed by atoms with Crippen molar-refractivity contribution in [2.24, 2.45) is 0 Å². The zero-order chi connectivity index (χ0) is 29.5. The third-order valence-corrected chi connectivity index (χ3v) is 9.29. The lowest BCUT2D eigenvalue weighted by molar-refractivity contribution is -0.122. The van der Waals surface area contributed by atoms with E-state index in [1.165, 1.54) is 17.3 Å². The summed E-state index contributed by atoms with van der Waals surface area (Å²) in [6, 6.07) is 19.8. The number of rotatable bonds is 6. The molecule has 2 aromatic heterocycles. The van der Waals surface area contributed by atoms with Crippen molar-refractivity contribution in [3.8, 4) is 11.5 Å². The van der Waals surface area contributed by atoms with Gasteiger partial charge in [-0.25, -0.2) is 4.98 Å². The zero-order valence-electron chi connectivity index (χ0n) is 23.6. The van der Waals surface area contributed by atoms with Crippen LogP contribution in [0.4, 0.5) is 5.82 Å². The van der Waals surface area contributed by atoms with Crippen LogP contribution in [0.5, 0.6) is 11.5 Å². The van der Waals surface area contributed by atoms with E-state index in [1.54, 1.807) is 21.6 Å². The zero-order valence-corrected chi connectivity index (χ0v) is 25.2. The highest BCUT2D eigenvalue weighted by Crippen LogP contribution is 2.37. The lowest BCUT2D eigenvalue weighted by Crippen LogP contribution is -2.47. The summed E-state index contributed by atoms with van der Waals surface area (Å²) in [6.07, 6.45) is 3.40. The van der Waals surface area contributed by atoms with Crippen molar-refractivity contribution in [3.05, 3.63) is 104 Å². The largest absolute Gasteiger partial charge is 0.454 e. The third kappa shape index (κ3) is 5.39. The van der Waals surface area contributed by atoms with Gasteiger partial charge in [-0.2, -0.15) is 0 Å². The van der Waals surface area contributed by atoms with Gasteiger partial charge in [0.2, 0.25) is 6.79 Å². The molecule has 218 valence electrons. The molecule has 11 heteroatoms. The minimum atomic E-state index is -0.236. The molecule has 4 aromatic rings. The molecular formula is C32H29N5O4S2. The molecule has 0 N–H and O–H groups in total. The van der Waals surface area contributed by atoms with Crippen LogP contribution in [0, 0.1) is 6.92 Å². The number of nitrogens with zero attached hydrogens (tertiary/aromatic N) is 5. The molecule has 7 rings (SSSR count). The van der Waals surface area contributed by atoms with Crippen LogP contribution >= 0.6 is 24.0 Å². The van der Waals surface area contributed by atoms with Gasteiger partial charge in [0.1, 0.15) is 15.8 Å². The maximum atomic E-state index is 14.0. The van der Waals surface area contributed by atoms with Gasteiger partial charge in [-0.1, -0.05) is 66.4 Å². The van der Waals surface area contributed by atoms with E-state index < -0.39 is 0 Å². The molecule has 43 heavy (non-hydrogen) atoms. The minimum Gasteiger partial charge on any atom is -0.454 e. The van der Waals surface area contributed by atoms with E-state index in [-0.39, 0.29) is 18.3 Å². The fraction of sp³-hybridized carbons (Fsp3) is 0.250. The first-order chi connectivity index (χ1) is 20.9. The van der Waals surface area contributed by atoms with Crippen molar-refractivity contribution in [1.29, 1.82) is 0 Å². The summed E-state index contributed by atoms with van der Waals surface area (Å²) < 4.78 is 12.9. The highest BCUT2D eigenvalue weighted by Gasteiger charge is 2.34. The average molecular weight is 612 g/mol. The van der Waals surface area contributed by atoms with Crippen molar-refractivity contribution in [3.63, 3.8) is 0 Å². The van der Waals surface area contributed by atoms with Crippen LogP contribution in [0.2, 0.25) is 0 Å². The fourth-order valence-electron chi connectivity index (χ4n) is 5.62. The van der Waals surface area contributed by atoms with Crippen LogP contribution < -0.4 is 19.9 Å². The van der Waals surface area contributed by atoms with E-state index in [0.717, 1.165) is 30.8 Å². The lowest BCUT2D eigenvalue weighted by Gasteiger charge is -2.36. The number of anilines is 1. The second kappa shape index (κ2) is 11.5. The molecule has 0 bridgehead atoms. The summed E-state index contributed by atoms with van der Waals surface area (Å²) in [5.74, 6) is 1.69. The van der Waals surface area contributed by atoms with Crippen molar-refractivity contribution in [1.82, 2.24) is 19.2 Å². The second-order valence-electron chi connectivity index (χ2n) is 10.7. The Labute approximate surface area is 258 Å². The maximum absolute atomic E-state index is 14.0. The predicted octanol–water partition coefficient (Wildman–Crippen LogP) is 4.46. The lowest BCUT2D eigenvalue weighted by atomic mass is 10.1. The number of aromatic nitrogens is 2. The Morgan fingerprint density at radius 1 is 0.930 bits per heavy atom. The number of piperazine rings is 1. The van der Waals surface area contributed by atoms with Crippen molar-refractivity contribution in [2.75, 3.05) is 37.9 Å². The molecule has 0 unspecified atom stereocenters. The maximum Gasteiger partial charge on any atom is 0.267 e. The molecule has 9 nitrogen and oxygen atoms in total. The number of amides is 1. The van der Waals surface area contributed by atoms with Crippen molar-refractivity contribution >= 4 is 51.7 Å². The van der Waals surface area contributed by atoms with Gasteiger partial charge < -0.3 is 14.4 Å². The fourth-order valence-corrected chi connectivity index (χ4v) is 6.85. The van der Waals surface area contributed by atoms with Gasteiger partial charge in [0.15, 0.2) is 11.5 Å². The Hall–Kier alpha value is -4.19. The van der Waals surface area contributed by atoms with Crippen LogP contribution in [0.25, 0.3) is 11.7 Å². The topological polar surface area (TPSA) is 79.6 Å². The molecule has 3 aliphatic rings. The number of aryl methyl sites for hydroxylation is 1. The van der Waals surface area contributed by atoms with Crippen LogP contribution in [-0.2, 0) is 17.9 Å². The third-order valence-electron chi connectivity index (χ3n) is 7.91. The molecule has 5 heterocycles. The molecule has 0 spiro atoms. The van der Waals surface area contributed by atoms with Crippen LogP contribution in [0.3, 0.4) is 0 Å². The monoisotopic (exact) mass is 611 g/mol. The second-order valence-corrected chi connectivity index (χ2v) is 12.4.